The fourth-order valence-electron chi connectivity index (χ4n) is 2.56. The zero-order chi connectivity index (χ0) is 22.7. The normalized spacial score (nSPS) is 13.0. The number of hydrogen-bond donors (Lipinski definition) is 2. The molecule has 0 aliphatic carbocycles. The van der Waals surface area contributed by atoms with Crippen LogP contribution in [-0.2, 0) is 14.8 Å². The minimum atomic E-state index is -4.35. The number of nitrogens with zero attached hydrogens (tertiary/aromatic N) is 1. The first-order valence-corrected chi connectivity index (χ1v) is 11.2. The van der Waals surface area contributed by atoms with Crippen molar-refractivity contribution in [3.8, 4) is 0 Å². The van der Waals surface area contributed by atoms with E-state index in [0.29, 0.717) is 9.33 Å². The van der Waals surface area contributed by atoms with Crippen LogP contribution in [0.3, 0.4) is 0 Å². The minimum absolute atomic E-state index is 0.0968. The van der Waals surface area contributed by atoms with Gasteiger partial charge < -0.3 is 10.4 Å². The Balaban J connectivity index is 2.52. The molecule has 0 aliphatic rings. The summed E-state index contributed by atoms with van der Waals surface area (Å²) >= 11 is 11.8. The molecule has 0 bridgehead atoms. The Labute approximate surface area is 185 Å². The highest BCUT2D eigenvalue weighted by Crippen LogP contribution is 2.31. The Hall–Kier alpha value is -1.87. The lowest BCUT2D eigenvalue weighted by molar-refractivity contribution is -0.122. The standard InChI is InChI=1S/C20H23Cl2FN2O4S/c1-13(19(27)24-11-20(2,3)12-26)25(18-10-15(22)6-9-17(18)23)30(28,29)16-7-4-14(21)5-8-16/h4-10,13,26H,11-12H2,1-3H3,(H,24,27). The number of halogens is 3. The molecule has 1 unspecified atom stereocenters. The Kier molecular flexibility index (Phi) is 7.74. The number of benzene rings is 2. The third-order valence-corrected chi connectivity index (χ3v) is 6.80. The molecular formula is C20H23Cl2FN2O4S. The summed E-state index contributed by atoms with van der Waals surface area (Å²) in [6, 6.07) is 7.45. The molecule has 6 nitrogen and oxygen atoms in total. The molecule has 0 spiro atoms. The van der Waals surface area contributed by atoms with Crippen molar-refractivity contribution in [1.82, 2.24) is 5.32 Å². The van der Waals surface area contributed by atoms with E-state index in [4.69, 9.17) is 23.2 Å². The van der Waals surface area contributed by atoms with E-state index in [2.05, 4.69) is 5.32 Å². The fourth-order valence-corrected chi connectivity index (χ4v) is 4.47. The molecule has 10 heteroatoms. The quantitative estimate of drug-likeness (QED) is 0.605. The van der Waals surface area contributed by atoms with Crippen LogP contribution in [0.4, 0.5) is 10.1 Å². The first kappa shape index (κ1) is 24.4. The van der Waals surface area contributed by atoms with Crippen LogP contribution in [0.1, 0.15) is 20.8 Å². The number of anilines is 1. The van der Waals surface area contributed by atoms with E-state index in [0.717, 1.165) is 12.1 Å². The highest BCUT2D eigenvalue weighted by molar-refractivity contribution is 7.93. The number of carbonyl (C=O) groups excluding carboxylic acids is 1. The number of nitrogens with one attached hydrogen (secondary N) is 1. The average Bonchev–Trinajstić information content (AvgIpc) is 2.69. The molecule has 0 heterocycles. The maximum atomic E-state index is 14.6. The topological polar surface area (TPSA) is 86.7 Å². The van der Waals surface area contributed by atoms with E-state index in [1.54, 1.807) is 13.8 Å². The van der Waals surface area contributed by atoms with Crippen LogP contribution in [0.2, 0.25) is 10.0 Å². The van der Waals surface area contributed by atoms with Crippen LogP contribution in [-0.4, -0.2) is 38.6 Å². The Morgan fingerprint density at radius 1 is 1.17 bits per heavy atom. The van der Waals surface area contributed by atoms with Crippen molar-refractivity contribution in [2.75, 3.05) is 17.5 Å². The highest BCUT2D eigenvalue weighted by Gasteiger charge is 2.35. The van der Waals surface area contributed by atoms with Crippen LogP contribution in [0.15, 0.2) is 47.4 Å². The molecule has 0 saturated heterocycles. The number of carbonyl (C=O) groups is 1. The number of aliphatic hydroxyl groups is 1. The van der Waals surface area contributed by atoms with Crippen LogP contribution in [0.5, 0.6) is 0 Å². The summed E-state index contributed by atoms with van der Waals surface area (Å²) in [6.07, 6.45) is 0. The van der Waals surface area contributed by atoms with Crippen molar-refractivity contribution in [3.05, 3.63) is 58.3 Å². The van der Waals surface area contributed by atoms with Gasteiger partial charge in [-0.15, -0.1) is 0 Å². The van der Waals surface area contributed by atoms with Gasteiger partial charge in [0.05, 0.1) is 10.6 Å². The first-order valence-electron chi connectivity index (χ1n) is 9.03. The molecule has 1 amide bonds. The second kappa shape index (κ2) is 9.51. The van der Waals surface area contributed by atoms with Crippen molar-refractivity contribution in [1.29, 1.82) is 0 Å². The number of sulfonamides is 1. The van der Waals surface area contributed by atoms with Gasteiger partial charge in [-0.05, 0) is 49.4 Å². The van der Waals surface area contributed by atoms with Gasteiger partial charge in [0.2, 0.25) is 5.91 Å². The highest BCUT2D eigenvalue weighted by atomic mass is 35.5. The number of rotatable bonds is 8. The molecule has 0 saturated carbocycles. The molecule has 30 heavy (non-hydrogen) atoms. The second-order valence-corrected chi connectivity index (χ2v) is 10.3. The number of aliphatic hydroxyl groups excluding tert-OH is 1. The third-order valence-electron chi connectivity index (χ3n) is 4.42. The van der Waals surface area contributed by atoms with Gasteiger partial charge in [-0.3, -0.25) is 9.10 Å². The van der Waals surface area contributed by atoms with E-state index in [-0.39, 0.29) is 28.8 Å². The SMILES string of the molecule is CC(C(=O)NCC(C)(C)CO)N(c1cc(Cl)ccc1F)S(=O)(=O)c1ccc(Cl)cc1. The molecule has 0 radical (unpaired) electrons. The summed E-state index contributed by atoms with van der Waals surface area (Å²) in [5.41, 5.74) is -0.974. The summed E-state index contributed by atoms with van der Waals surface area (Å²) in [6.45, 7) is 4.72. The molecule has 1 atom stereocenters. The van der Waals surface area contributed by atoms with Gasteiger partial charge in [0, 0.05) is 28.6 Å². The Morgan fingerprint density at radius 2 is 1.73 bits per heavy atom. The lowest BCUT2D eigenvalue weighted by Gasteiger charge is -2.31. The van der Waals surface area contributed by atoms with Crippen molar-refractivity contribution < 1.29 is 22.7 Å². The average molecular weight is 477 g/mol. The van der Waals surface area contributed by atoms with E-state index in [1.807, 2.05) is 0 Å². The zero-order valence-electron chi connectivity index (χ0n) is 16.7. The number of amides is 1. The summed E-state index contributed by atoms with van der Waals surface area (Å²) in [7, 11) is -4.35. The molecule has 2 aromatic carbocycles. The second-order valence-electron chi connectivity index (χ2n) is 7.57. The van der Waals surface area contributed by atoms with Gasteiger partial charge in [-0.2, -0.15) is 0 Å². The third kappa shape index (κ3) is 5.63. The molecule has 2 N–H and O–H groups in total. The van der Waals surface area contributed by atoms with Crippen LogP contribution in [0.25, 0.3) is 0 Å². The molecule has 2 aromatic rings. The molecule has 164 valence electrons. The van der Waals surface area contributed by atoms with Crippen molar-refractivity contribution >= 4 is 44.8 Å². The summed E-state index contributed by atoms with van der Waals surface area (Å²) in [5, 5.41) is 12.4. The first-order chi connectivity index (χ1) is 13.9. The van der Waals surface area contributed by atoms with Gasteiger partial charge in [0.15, 0.2) is 0 Å². The summed E-state index contributed by atoms with van der Waals surface area (Å²) < 4.78 is 42.1. The molecule has 0 fully saturated rings. The maximum absolute atomic E-state index is 14.6. The largest absolute Gasteiger partial charge is 0.396 e. The monoisotopic (exact) mass is 476 g/mol. The van der Waals surface area contributed by atoms with Gasteiger partial charge >= 0.3 is 0 Å². The van der Waals surface area contributed by atoms with Gasteiger partial charge in [0.25, 0.3) is 10.0 Å². The zero-order valence-corrected chi connectivity index (χ0v) is 19.0. The smallest absolute Gasteiger partial charge is 0.265 e. The van der Waals surface area contributed by atoms with Crippen molar-refractivity contribution in [2.45, 2.75) is 31.7 Å². The van der Waals surface area contributed by atoms with Gasteiger partial charge in [-0.25, -0.2) is 12.8 Å². The van der Waals surface area contributed by atoms with Crippen LogP contribution in [0, 0.1) is 11.2 Å². The van der Waals surface area contributed by atoms with Gasteiger partial charge in [-0.1, -0.05) is 37.0 Å². The van der Waals surface area contributed by atoms with Crippen molar-refractivity contribution in [3.63, 3.8) is 0 Å². The lowest BCUT2D eigenvalue weighted by Crippen LogP contribution is -2.50. The predicted molar refractivity (Wildman–Crippen MR) is 116 cm³/mol. The lowest BCUT2D eigenvalue weighted by atomic mass is 9.95. The van der Waals surface area contributed by atoms with Gasteiger partial charge in [0.1, 0.15) is 11.9 Å². The fraction of sp³-hybridized carbons (Fsp3) is 0.350. The molecule has 2 rings (SSSR count). The Morgan fingerprint density at radius 3 is 2.30 bits per heavy atom. The predicted octanol–water partition coefficient (Wildman–Crippen LogP) is 3.85. The van der Waals surface area contributed by atoms with Crippen LogP contribution >= 0.6 is 23.2 Å². The number of hydrogen-bond acceptors (Lipinski definition) is 4. The summed E-state index contributed by atoms with van der Waals surface area (Å²) in [4.78, 5) is 12.6. The minimum Gasteiger partial charge on any atom is -0.396 e. The van der Waals surface area contributed by atoms with Crippen molar-refractivity contribution in [2.24, 2.45) is 5.41 Å². The van der Waals surface area contributed by atoms with E-state index in [9.17, 15) is 22.7 Å². The van der Waals surface area contributed by atoms with E-state index >= 15 is 0 Å². The molecular weight excluding hydrogens is 454 g/mol. The molecule has 0 aromatic heterocycles. The summed E-state index contributed by atoms with van der Waals surface area (Å²) in [5.74, 6) is -1.51. The van der Waals surface area contributed by atoms with E-state index < -0.39 is 33.2 Å². The molecule has 0 aliphatic heterocycles. The van der Waals surface area contributed by atoms with Crippen LogP contribution < -0.4 is 9.62 Å². The maximum Gasteiger partial charge on any atom is 0.265 e. The van der Waals surface area contributed by atoms with E-state index in [1.165, 1.54) is 37.3 Å². The Bertz CT molecular complexity index is 1010.